The number of rotatable bonds is 5. The van der Waals surface area contributed by atoms with E-state index in [2.05, 4.69) is 22.5 Å². The van der Waals surface area contributed by atoms with Gasteiger partial charge < -0.3 is 10.3 Å². The van der Waals surface area contributed by atoms with Gasteiger partial charge in [0.05, 0.1) is 0 Å². The summed E-state index contributed by atoms with van der Waals surface area (Å²) in [6.07, 6.45) is 5.41. The van der Waals surface area contributed by atoms with Crippen molar-refractivity contribution in [2.45, 2.75) is 32.4 Å². The first-order chi connectivity index (χ1) is 8.69. The van der Waals surface area contributed by atoms with Gasteiger partial charge in [0.1, 0.15) is 5.82 Å². The number of nitrogens with two attached hydrogens (primary N) is 1. The number of halogens is 1. The summed E-state index contributed by atoms with van der Waals surface area (Å²) in [5.74, 6) is 1.05. The zero-order valence-electron chi connectivity index (χ0n) is 10.5. The fraction of sp³-hybridized carbons (Fsp3) is 0.357. The third-order valence-electron chi connectivity index (χ3n) is 2.97. The van der Waals surface area contributed by atoms with Gasteiger partial charge >= 0.3 is 0 Å². The maximum Gasteiger partial charge on any atom is 0.110 e. The molecule has 2 aromatic rings. The van der Waals surface area contributed by atoms with Crippen molar-refractivity contribution in [3.8, 4) is 0 Å². The van der Waals surface area contributed by atoms with Gasteiger partial charge in [-0.05, 0) is 31.0 Å². The Labute approximate surface area is 113 Å². The molecule has 2 N–H and O–H groups in total. The molecule has 0 amide bonds. The van der Waals surface area contributed by atoms with Gasteiger partial charge in [0.15, 0.2) is 0 Å². The molecule has 1 heterocycles. The number of hydrogen-bond acceptors (Lipinski definition) is 2. The Bertz CT molecular complexity index is 507. The molecule has 0 saturated carbocycles. The van der Waals surface area contributed by atoms with Crippen LogP contribution in [0.3, 0.4) is 0 Å². The maximum absolute atomic E-state index is 6.17. The molecule has 1 aromatic carbocycles. The largest absolute Gasteiger partial charge is 0.335 e. The predicted molar refractivity (Wildman–Crippen MR) is 74.7 cm³/mol. The van der Waals surface area contributed by atoms with Crippen molar-refractivity contribution >= 4 is 11.6 Å². The lowest BCUT2D eigenvalue weighted by Gasteiger charge is -2.12. The van der Waals surface area contributed by atoms with Crippen molar-refractivity contribution in [2.75, 3.05) is 0 Å². The van der Waals surface area contributed by atoms with Crippen LogP contribution in [0.5, 0.6) is 0 Å². The topological polar surface area (TPSA) is 43.8 Å². The van der Waals surface area contributed by atoms with Crippen LogP contribution in [0.15, 0.2) is 36.7 Å². The fourth-order valence-electron chi connectivity index (χ4n) is 2.09. The monoisotopic (exact) mass is 263 g/mol. The lowest BCUT2D eigenvalue weighted by atomic mass is 10.0. The third kappa shape index (κ3) is 3.34. The van der Waals surface area contributed by atoms with Crippen LogP contribution in [0.1, 0.15) is 18.3 Å². The normalized spacial score (nSPS) is 12.6. The van der Waals surface area contributed by atoms with E-state index >= 15 is 0 Å². The quantitative estimate of drug-likeness (QED) is 0.901. The summed E-state index contributed by atoms with van der Waals surface area (Å²) in [5.41, 5.74) is 7.35. The summed E-state index contributed by atoms with van der Waals surface area (Å²) >= 11 is 5.96. The van der Waals surface area contributed by atoms with Gasteiger partial charge in [-0.15, -0.1) is 0 Å². The average molecular weight is 264 g/mol. The summed E-state index contributed by atoms with van der Waals surface area (Å²) < 4.78 is 2.12. The lowest BCUT2D eigenvalue weighted by molar-refractivity contribution is 0.602. The van der Waals surface area contributed by atoms with E-state index < -0.39 is 0 Å². The second kappa shape index (κ2) is 6.03. The van der Waals surface area contributed by atoms with E-state index in [4.69, 9.17) is 17.3 Å². The molecular formula is C14H18ClN3. The highest BCUT2D eigenvalue weighted by atomic mass is 35.5. The molecular weight excluding hydrogens is 246 g/mol. The third-order valence-corrected chi connectivity index (χ3v) is 3.21. The van der Waals surface area contributed by atoms with E-state index in [1.54, 1.807) is 0 Å². The second-order valence-electron chi connectivity index (χ2n) is 4.43. The van der Waals surface area contributed by atoms with E-state index in [9.17, 15) is 0 Å². The van der Waals surface area contributed by atoms with Crippen LogP contribution in [0, 0.1) is 0 Å². The summed E-state index contributed by atoms with van der Waals surface area (Å²) in [4.78, 5) is 4.34. The van der Waals surface area contributed by atoms with E-state index in [0.29, 0.717) is 0 Å². The van der Waals surface area contributed by atoms with Gasteiger partial charge in [-0.2, -0.15) is 0 Å². The van der Waals surface area contributed by atoms with Crippen LogP contribution < -0.4 is 5.73 Å². The molecule has 0 saturated heterocycles. The Morgan fingerprint density at radius 1 is 1.39 bits per heavy atom. The van der Waals surface area contributed by atoms with Crippen molar-refractivity contribution in [2.24, 2.45) is 5.73 Å². The van der Waals surface area contributed by atoms with Crippen molar-refractivity contribution in [3.63, 3.8) is 0 Å². The Morgan fingerprint density at radius 2 is 2.22 bits per heavy atom. The Kier molecular flexibility index (Phi) is 4.39. The molecule has 2 rings (SSSR count). The van der Waals surface area contributed by atoms with Gasteiger partial charge in [0.25, 0.3) is 0 Å². The number of nitrogens with zero attached hydrogens (tertiary/aromatic N) is 2. The van der Waals surface area contributed by atoms with Crippen molar-refractivity contribution in [1.29, 1.82) is 0 Å². The molecule has 0 aliphatic carbocycles. The standard InChI is InChI=1S/C14H18ClN3/c1-2-18-7-6-17-14(18)10-13(16)9-11-4-3-5-12(15)8-11/h3-8,13H,2,9-10,16H2,1H3. The highest BCUT2D eigenvalue weighted by Gasteiger charge is 2.09. The van der Waals surface area contributed by atoms with Crippen molar-refractivity contribution in [1.82, 2.24) is 9.55 Å². The molecule has 96 valence electrons. The Morgan fingerprint density at radius 3 is 2.94 bits per heavy atom. The van der Waals surface area contributed by atoms with Crippen molar-refractivity contribution < 1.29 is 0 Å². The number of imidazole rings is 1. The second-order valence-corrected chi connectivity index (χ2v) is 4.86. The zero-order valence-corrected chi connectivity index (χ0v) is 11.3. The van der Waals surface area contributed by atoms with Crippen LogP contribution in [-0.4, -0.2) is 15.6 Å². The lowest BCUT2D eigenvalue weighted by Crippen LogP contribution is -2.27. The zero-order chi connectivity index (χ0) is 13.0. The summed E-state index contributed by atoms with van der Waals surface area (Å²) in [5, 5.41) is 0.759. The van der Waals surface area contributed by atoms with Crippen LogP contribution in [-0.2, 0) is 19.4 Å². The molecule has 0 bridgehead atoms. The van der Waals surface area contributed by atoms with E-state index in [1.165, 1.54) is 5.56 Å². The average Bonchev–Trinajstić information content (AvgIpc) is 2.76. The minimum atomic E-state index is 0.0659. The molecule has 3 nitrogen and oxygen atoms in total. The number of aryl methyl sites for hydroxylation is 1. The number of benzene rings is 1. The highest BCUT2D eigenvalue weighted by Crippen LogP contribution is 2.13. The molecule has 4 heteroatoms. The fourth-order valence-corrected chi connectivity index (χ4v) is 2.30. The van der Waals surface area contributed by atoms with E-state index in [1.807, 2.05) is 30.6 Å². The van der Waals surface area contributed by atoms with Crippen LogP contribution in [0.2, 0.25) is 5.02 Å². The molecule has 0 radical (unpaired) electrons. The molecule has 1 unspecified atom stereocenters. The van der Waals surface area contributed by atoms with Gasteiger partial charge in [-0.1, -0.05) is 23.7 Å². The first kappa shape index (κ1) is 13.1. The predicted octanol–water partition coefficient (Wildman–Crippen LogP) is 2.67. The highest BCUT2D eigenvalue weighted by molar-refractivity contribution is 6.30. The molecule has 1 aromatic heterocycles. The van der Waals surface area contributed by atoms with E-state index in [0.717, 1.165) is 30.2 Å². The van der Waals surface area contributed by atoms with E-state index in [-0.39, 0.29) is 6.04 Å². The molecule has 0 fully saturated rings. The SMILES string of the molecule is CCn1ccnc1CC(N)Cc1cccc(Cl)c1. The molecule has 1 atom stereocenters. The minimum Gasteiger partial charge on any atom is -0.335 e. The van der Waals surface area contributed by atoms with Crippen LogP contribution in [0.4, 0.5) is 0 Å². The molecule has 0 aliphatic heterocycles. The molecule has 18 heavy (non-hydrogen) atoms. The first-order valence-electron chi connectivity index (χ1n) is 6.19. The van der Waals surface area contributed by atoms with Crippen LogP contribution in [0.25, 0.3) is 0 Å². The molecule has 0 spiro atoms. The smallest absolute Gasteiger partial charge is 0.110 e. The van der Waals surface area contributed by atoms with Crippen molar-refractivity contribution in [3.05, 3.63) is 53.1 Å². The van der Waals surface area contributed by atoms with Crippen LogP contribution >= 0.6 is 11.6 Å². The van der Waals surface area contributed by atoms with Gasteiger partial charge in [0.2, 0.25) is 0 Å². The van der Waals surface area contributed by atoms with Gasteiger partial charge in [-0.25, -0.2) is 4.98 Å². The number of hydrogen-bond donors (Lipinski definition) is 1. The Hall–Kier alpha value is -1.32. The number of aromatic nitrogens is 2. The maximum atomic E-state index is 6.17. The van der Waals surface area contributed by atoms with Gasteiger partial charge in [-0.3, -0.25) is 0 Å². The summed E-state index contributed by atoms with van der Waals surface area (Å²) in [6.45, 7) is 3.03. The Balaban J connectivity index is 1.98. The summed E-state index contributed by atoms with van der Waals surface area (Å²) in [6, 6.07) is 7.92. The minimum absolute atomic E-state index is 0.0659. The molecule has 0 aliphatic rings. The first-order valence-corrected chi connectivity index (χ1v) is 6.57. The van der Waals surface area contributed by atoms with Gasteiger partial charge in [0, 0.05) is 36.4 Å². The summed E-state index contributed by atoms with van der Waals surface area (Å²) in [7, 11) is 0.